The van der Waals surface area contributed by atoms with Crippen molar-refractivity contribution in [3.05, 3.63) is 84.2 Å². The molecule has 234 valence electrons. The Labute approximate surface area is 263 Å². The van der Waals surface area contributed by atoms with Gasteiger partial charge in [0.15, 0.2) is 0 Å². The van der Waals surface area contributed by atoms with Crippen molar-refractivity contribution in [3.8, 4) is 5.75 Å². The first-order chi connectivity index (χ1) is 21.1. The minimum atomic E-state index is -0.297. The molecule has 1 aromatic heterocycles. The second kappa shape index (κ2) is 14.5. The molecule has 0 unspecified atom stereocenters. The molecule has 1 heterocycles. The van der Waals surface area contributed by atoms with E-state index < -0.39 is 0 Å². The van der Waals surface area contributed by atoms with Crippen molar-refractivity contribution >= 4 is 34.5 Å². The quantitative estimate of drug-likeness (QED) is 0.215. The van der Waals surface area contributed by atoms with Gasteiger partial charge in [-0.25, -0.2) is 9.97 Å². The topological polar surface area (TPSA) is 82.6 Å². The summed E-state index contributed by atoms with van der Waals surface area (Å²) in [5.41, 5.74) is 7.20. The predicted octanol–water partition coefficient (Wildman–Crippen LogP) is 7.17. The van der Waals surface area contributed by atoms with Crippen LogP contribution in [-0.2, 0) is 11.2 Å². The van der Waals surface area contributed by atoms with E-state index in [1.54, 1.807) is 32.6 Å². The molecule has 2 aromatic carbocycles. The van der Waals surface area contributed by atoms with Crippen LogP contribution in [0.3, 0.4) is 0 Å². The van der Waals surface area contributed by atoms with Gasteiger partial charge in [0.25, 0.3) is 0 Å². The molecule has 0 aliphatic heterocycles. The van der Waals surface area contributed by atoms with E-state index in [1.807, 2.05) is 52.3 Å². The lowest BCUT2D eigenvalue weighted by Crippen LogP contribution is -2.48. The fraction of sp³-hybridized carbons (Fsp3) is 0.417. The molecule has 6 rings (SSSR count). The molecule has 0 spiro atoms. The van der Waals surface area contributed by atoms with Crippen LogP contribution in [0.5, 0.6) is 5.75 Å². The van der Waals surface area contributed by atoms with E-state index >= 15 is 0 Å². The molecule has 0 radical (unpaired) electrons. The van der Waals surface area contributed by atoms with Crippen LogP contribution in [0.1, 0.15) is 56.9 Å². The zero-order valence-electron chi connectivity index (χ0n) is 27.4. The average Bonchev–Trinajstić information content (AvgIpc) is 2.99. The number of carbonyl (C=O) groups excluding carboxylic acids is 1. The molecule has 0 atom stereocenters. The van der Waals surface area contributed by atoms with Crippen LogP contribution in [0.25, 0.3) is 5.57 Å². The summed E-state index contributed by atoms with van der Waals surface area (Å²) in [4.78, 5) is 25.7. The van der Waals surface area contributed by atoms with Crippen molar-refractivity contribution in [2.24, 2.45) is 11.3 Å². The van der Waals surface area contributed by atoms with E-state index in [4.69, 9.17) is 9.72 Å². The van der Waals surface area contributed by atoms with Gasteiger partial charge in [-0.3, -0.25) is 4.79 Å². The lowest BCUT2D eigenvalue weighted by Gasteiger charge is -2.60. The number of nitrogens with one attached hydrogen (secondary N) is 2. The number of benzene rings is 2. The Morgan fingerprint density at radius 1 is 1.11 bits per heavy atom. The number of hydrogen-bond acceptors (Lipinski definition) is 7. The summed E-state index contributed by atoms with van der Waals surface area (Å²) >= 11 is 0. The number of likely N-dealkylation sites (N-methyl/N-ethyl adjacent to an activating group) is 2. The molecular weight excluding hydrogens is 548 g/mol. The first-order valence-electron chi connectivity index (χ1n) is 15.5. The Bertz CT molecular complexity index is 1480. The fourth-order valence-electron chi connectivity index (χ4n) is 6.04. The molecule has 8 nitrogen and oxygen atoms in total. The third kappa shape index (κ3) is 7.85. The van der Waals surface area contributed by atoms with Crippen LogP contribution >= 0.6 is 0 Å². The highest BCUT2D eigenvalue weighted by molar-refractivity contribution is 6.02. The van der Waals surface area contributed by atoms with E-state index in [9.17, 15) is 4.79 Å². The van der Waals surface area contributed by atoms with Gasteiger partial charge in [0, 0.05) is 38.0 Å². The minimum absolute atomic E-state index is 0.297. The van der Waals surface area contributed by atoms with Crippen molar-refractivity contribution in [2.75, 3.05) is 56.9 Å². The Morgan fingerprint density at radius 2 is 1.82 bits per heavy atom. The predicted molar refractivity (Wildman–Crippen MR) is 183 cm³/mol. The summed E-state index contributed by atoms with van der Waals surface area (Å²) in [6, 6.07) is 14.0. The van der Waals surface area contributed by atoms with Crippen LogP contribution < -0.4 is 20.3 Å². The molecule has 44 heavy (non-hydrogen) atoms. The summed E-state index contributed by atoms with van der Waals surface area (Å²) in [7, 11) is 7.64. The molecule has 2 N–H and O–H groups in total. The van der Waals surface area contributed by atoms with Crippen LogP contribution in [0.15, 0.2) is 67.4 Å². The molecule has 0 saturated heterocycles. The van der Waals surface area contributed by atoms with Crippen LogP contribution in [0.4, 0.5) is 23.0 Å². The van der Waals surface area contributed by atoms with E-state index in [0.717, 1.165) is 47.4 Å². The number of anilines is 4. The SMILES string of the molecule is C=CC(=O)Nc1cc(Nc2nccc(/C(=C/C)c3ccccc3CC)n2)c(OC)cc1N(C)CCN(C)C.CC12CC(C1)C2. The summed E-state index contributed by atoms with van der Waals surface area (Å²) in [5.74, 6) is 1.90. The highest BCUT2D eigenvalue weighted by Gasteiger charge is 2.52. The maximum Gasteiger partial charge on any atom is 0.247 e. The number of rotatable bonds is 12. The number of ether oxygens (including phenoxy) is 1. The maximum absolute atomic E-state index is 12.2. The van der Waals surface area contributed by atoms with Crippen molar-refractivity contribution in [1.82, 2.24) is 14.9 Å². The molecule has 8 heteroatoms. The number of amides is 1. The van der Waals surface area contributed by atoms with Crippen molar-refractivity contribution in [3.63, 3.8) is 0 Å². The van der Waals surface area contributed by atoms with E-state index in [-0.39, 0.29) is 5.91 Å². The minimum Gasteiger partial charge on any atom is -0.494 e. The van der Waals surface area contributed by atoms with Gasteiger partial charge in [-0.05, 0) is 87.4 Å². The van der Waals surface area contributed by atoms with Gasteiger partial charge in [-0.15, -0.1) is 0 Å². The Morgan fingerprint density at radius 3 is 2.39 bits per heavy atom. The zero-order chi connectivity index (χ0) is 31.9. The van der Waals surface area contributed by atoms with E-state index in [0.29, 0.717) is 23.1 Å². The molecule has 3 saturated carbocycles. The Balaban J connectivity index is 0.000000644. The lowest BCUT2D eigenvalue weighted by molar-refractivity contribution is -0.111. The zero-order valence-corrected chi connectivity index (χ0v) is 27.4. The number of hydrogen-bond donors (Lipinski definition) is 2. The van der Waals surface area contributed by atoms with Gasteiger partial charge in [0.05, 0.1) is 29.9 Å². The fourth-order valence-corrected chi connectivity index (χ4v) is 6.04. The van der Waals surface area contributed by atoms with Gasteiger partial charge in [0.2, 0.25) is 11.9 Å². The van der Waals surface area contributed by atoms with Crippen LogP contribution in [0, 0.1) is 11.3 Å². The molecule has 1 amide bonds. The Hall–Kier alpha value is -4.17. The molecule has 3 fully saturated rings. The highest BCUT2D eigenvalue weighted by atomic mass is 16.5. The number of nitrogens with zero attached hydrogens (tertiary/aromatic N) is 4. The molecular formula is C36H48N6O2. The summed E-state index contributed by atoms with van der Waals surface area (Å²) in [6.45, 7) is 11.8. The number of aryl methyl sites for hydroxylation is 1. The first-order valence-corrected chi connectivity index (χ1v) is 15.5. The lowest BCUT2D eigenvalue weighted by atomic mass is 9.46. The third-order valence-corrected chi connectivity index (χ3v) is 8.55. The van der Waals surface area contributed by atoms with Crippen molar-refractivity contribution in [1.29, 1.82) is 0 Å². The van der Waals surface area contributed by atoms with Gasteiger partial charge in [0.1, 0.15) is 5.75 Å². The number of carbonyl (C=O) groups is 1. The van der Waals surface area contributed by atoms with Crippen molar-refractivity contribution in [2.45, 2.75) is 46.5 Å². The van der Waals surface area contributed by atoms with Gasteiger partial charge >= 0.3 is 0 Å². The normalized spacial score (nSPS) is 18.3. The number of methoxy groups -OCH3 is 1. The van der Waals surface area contributed by atoms with E-state index in [2.05, 4.69) is 70.1 Å². The summed E-state index contributed by atoms with van der Waals surface area (Å²) in [6.07, 6.45) is 10.6. The monoisotopic (exact) mass is 596 g/mol. The number of allylic oxidation sites excluding steroid dienone is 1. The summed E-state index contributed by atoms with van der Waals surface area (Å²) < 4.78 is 5.72. The average molecular weight is 597 g/mol. The van der Waals surface area contributed by atoms with Gasteiger partial charge < -0.3 is 25.2 Å². The highest BCUT2D eigenvalue weighted by Crippen LogP contribution is 2.63. The molecule has 3 aromatic rings. The molecule has 3 aliphatic rings. The van der Waals surface area contributed by atoms with E-state index in [1.165, 1.54) is 17.6 Å². The van der Waals surface area contributed by atoms with Crippen LogP contribution in [0.2, 0.25) is 0 Å². The number of aromatic nitrogens is 2. The largest absolute Gasteiger partial charge is 0.494 e. The standard InChI is InChI=1S/C30H38N6O2.C6H10/c1-8-21-13-11-12-14-23(21)22(9-2)24-15-16-31-30(33-24)34-26-19-25(32-29(37)10-3)27(20-28(26)38-7)36(6)18-17-35(4)5;1-6-2-5(3-6)4-6/h9-16,19-20H,3,8,17-18H2,1-2,4-7H3,(H,32,37)(H,31,33,34);5H,2-4H2,1H3/b22-9+;. The Kier molecular flexibility index (Phi) is 10.8. The van der Waals surface area contributed by atoms with Crippen molar-refractivity contribution < 1.29 is 9.53 Å². The molecule has 3 aliphatic carbocycles. The summed E-state index contributed by atoms with van der Waals surface area (Å²) in [5, 5.41) is 6.21. The first kappa shape index (κ1) is 32.7. The molecule has 2 bridgehead atoms. The van der Waals surface area contributed by atoms with Crippen LogP contribution in [-0.4, -0.2) is 62.1 Å². The van der Waals surface area contributed by atoms with Gasteiger partial charge in [-0.2, -0.15) is 0 Å². The maximum atomic E-state index is 12.2. The third-order valence-electron chi connectivity index (χ3n) is 8.55. The second-order valence-electron chi connectivity index (χ2n) is 12.4. The smallest absolute Gasteiger partial charge is 0.247 e. The second-order valence-corrected chi connectivity index (χ2v) is 12.4. The van der Waals surface area contributed by atoms with Gasteiger partial charge in [-0.1, -0.05) is 50.8 Å².